The van der Waals surface area contributed by atoms with Crippen LogP contribution >= 0.6 is 11.6 Å². The van der Waals surface area contributed by atoms with E-state index in [4.69, 9.17) is 20.8 Å². The Bertz CT molecular complexity index is 975. The summed E-state index contributed by atoms with van der Waals surface area (Å²) in [6, 6.07) is 17.2. The van der Waals surface area contributed by atoms with E-state index in [1.54, 1.807) is 12.1 Å². The number of hydrogen-bond donors (Lipinski definition) is 0. The van der Waals surface area contributed by atoms with Gasteiger partial charge in [-0.1, -0.05) is 36.4 Å². The summed E-state index contributed by atoms with van der Waals surface area (Å²) in [5.41, 5.74) is 1.52. The van der Waals surface area contributed by atoms with E-state index in [-0.39, 0.29) is 0 Å². The lowest BCUT2D eigenvalue weighted by atomic mass is 10.0. The van der Waals surface area contributed by atoms with E-state index < -0.39 is 17.7 Å². The molecule has 0 bridgehead atoms. The van der Waals surface area contributed by atoms with Crippen LogP contribution in [-0.4, -0.2) is 49.1 Å². The smallest absolute Gasteiger partial charge is 0.193 e. The first kappa shape index (κ1) is 22.0. The molecule has 2 aromatic carbocycles. The Balaban J connectivity index is 1.30. The predicted octanol–water partition coefficient (Wildman–Crippen LogP) is 5.14. The highest BCUT2D eigenvalue weighted by molar-refractivity contribution is 6.28. The van der Waals surface area contributed by atoms with Gasteiger partial charge in [0, 0.05) is 32.7 Å². The number of rotatable bonds is 8. The number of ether oxygens (including phenoxy) is 1. The molecule has 31 heavy (non-hydrogen) atoms. The zero-order valence-electron chi connectivity index (χ0n) is 17.1. The highest BCUT2D eigenvalue weighted by atomic mass is 35.5. The van der Waals surface area contributed by atoms with Crippen molar-refractivity contribution >= 4 is 11.6 Å². The van der Waals surface area contributed by atoms with Crippen LogP contribution in [0.1, 0.15) is 23.0 Å². The summed E-state index contributed by atoms with van der Waals surface area (Å²) < 4.78 is 38.8. The minimum Gasteiger partial charge on any atom is -0.448 e. The summed E-state index contributed by atoms with van der Waals surface area (Å²) in [4.78, 5) is 4.68. The minimum atomic E-state index is -0.865. The summed E-state index contributed by atoms with van der Waals surface area (Å²) in [6.45, 7) is 5.74. The van der Waals surface area contributed by atoms with Crippen molar-refractivity contribution in [3.63, 3.8) is 0 Å². The summed E-state index contributed by atoms with van der Waals surface area (Å²) in [6.07, 6.45) is -0.443. The van der Waals surface area contributed by atoms with E-state index >= 15 is 0 Å². The van der Waals surface area contributed by atoms with E-state index in [9.17, 15) is 8.78 Å². The second-order valence-corrected chi connectivity index (χ2v) is 8.03. The van der Waals surface area contributed by atoms with E-state index in [2.05, 4.69) is 9.80 Å². The number of furan rings is 1. The molecule has 4 rings (SSSR count). The monoisotopic (exact) mass is 446 g/mol. The average Bonchev–Trinajstić information content (AvgIpc) is 3.19. The van der Waals surface area contributed by atoms with Gasteiger partial charge < -0.3 is 9.15 Å². The lowest BCUT2D eigenvalue weighted by molar-refractivity contribution is 0.0431. The summed E-state index contributed by atoms with van der Waals surface area (Å²) in [5, 5.41) is 0.416. The molecule has 1 unspecified atom stereocenters. The van der Waals surface area contributed by atoms with Gasteiger partial charge >= 0.3 is 0 Å². The van der Waals surface area contributed by atoms with Crippen molar-refractivity contribution in [3.05, 3.63) is 94.4 Å². The van der Waals surface area contributed by atoms with Crippen LogP contribution in [0.4, 0.5) is 8.78 Å². The number of benzene rings is 2. The Hall–Kier alpha value is -2.25. The van der Waals surface area contributed by atoms with Gasteiger partial charge in [-0.2, -0.15) is 0 Å². The largest absolute Gasteiger partial charge is 0.448 e. The van der Waals surface area contributed by atoms with Crippen LogP contribution < -0.4 is 0 Å². The van der Waals surface area contributed by atoms with Crippen molar-refractivity contribution in [1.29, 1.82) is 0 Å². The van der Waals surface area contributed by atoms with Crippen molar-refractivity contribution in [2.75, 3.05) is 39.3 Å². The van der Waals surface area contributed by atoms with Gasteiger partial charge in [0.2, 0.25) is 0 Å². The van der Waals surface area contributed by atoms with Gasteiger partial charge in [0.15, 0.2) is 16.9 Å². The fourth-order valence-corrected chi connectivity index (χ4v) is 3.98. The molecule has 0 radical (unpaired) electrons. The summed E-state index contributed by atoms with van der Waals surface area (Å²) in [7, 11) is 0. The van der Waals surface area contributed by atoms with Gasteiger partial charge in [0.25, 0.3) is 0 Å². The van der Waals surface area contributed by atoms with Crippen LogP contribution in [0, 0.1) is 11.6 Å². The second-order valence-electron chi connectivity index (χ2n) is 7.66. The molecule has 7 heteroatoms. The lowest BCUT2D eigenvalue weighted by Crippen LogP contribution is -2.46. The highest BCUT2D eigenvalue weighted by Gasteiger charge is 2.20. The Morgan fingerprint density at radius 2 is 1.61 bits per heavy atom. The third-order valence-corrected chi connectivity index (χ3v) is 5.72. The highest BCUT2D eigenvalue weighted by Crippen LogP contribution is 2.27. The lowest BCUT2D eigenvalue weighted by Gasteiger charge is -2.34. The zero-order chi connectivity index (χ0) is 21.6. The SMILES string of the molecule is Fc1ccc(C(OCCN2CCN(Cc3ccc(Cl)o3)CC2)c2ccccc2)cc1F. The maximum atomic E-state index is 13.8. The number of nitrogens with zero attached hydrogens (tertiary/aromatic N) is 2. The van der Waals surface area contributed by atoms with Gasteiger partial charge in [-0.3, -0.25) is 9.80 Å². The minimum absolute atomic E-state index is 0.416. The molecule has 1 aromatic heterocycles. The normalized spacial score (nSPS) is 16.5. The number of hydrogen-bond acceptors (Lipinski definition) is 4. The molecule has 1 aliphatic rings. The van der Waals surface area contributed by atoms with Crippen LogP contribution in [0.15, 0.2) is 65.1 Å². The molecule has 0 N–H and O–H groups in total. The van der Waals surface area contributed by atoms with Crippen molar-refractivity contribution < 1.29 is 17.9 Å². The van der Waals surface area contributed by atoms with Gasteiger partial charge in [-0.05, 0) is 47.0 Å². The molecule has 1 atom stereocenters. The van der Waals surface area contributed by atoms with E-state index in [1.807, 2.05) is 36.4 Å². The first-order valence-corrected chi connectivity index (χ1v) is 10.8. The molecule has 164 valence electrons. The summed E-state index contributed by atoms with van der Waals surface area (Å²) >= 11 is 5.84. The van der Waals surface area contributed by atoms with Crippen LogP contribution in [0.5, 0.6) is 0 Å². The molecule has 2 heterocycles. The third-order valence-electron chi connectivity index (χ3n) is 5.51. The summed E-state index contributed by atoms with van der Waals surface area (Å²) in [5.74, 6) is -0.847. The average molecular weight is 447 g/mol. The maximum Gasteiger partial charge on any atom is 0.193 e. The van der Waals surface area contributed by atoms with Crippen LogP contribution in [0.2, 0.25) is 5.22 Å². The molecule has 1 fully saturated rings. The molecule has 0 aliphatic carbocycles. The standard InChI is InChI=1S/C24H25ClF2N2O2/c25-23-9-7-20(31-23)17-29-12-10-28(11-13-29)14-15-30-24(18-4-2-1-3-5-18)19-6-8-21(26)22(27)16-19/h1-9,16,24H,10-15,17H2. The van der Waals surface area contributed by atoms with Gasteiger partial charge in [-0.15, -0.1) is 0 Å². The fraction of sp³-hybridized carbons (Fsp3) is 0.333. The topological polar surface area (TPSA) is 28.9 Å². The molecular formula is C24H25ClF2N2O2. The second kappa shape index (κ2) is 10.4. The predicted molar refractivity (Wildman–Crippen MR) is 116 cm³/mol. The molecule has 0 amide bonds. The Morgan fingerprint density at radius 3 is 2.29 bits per heavy atom. The maximum absolute atomic E-state index is 13.8. The van der Waals surface area contributed by atoms with Crippen molar-refractivity contribution in [2.24, 2.45) is 0 Å². The van der Waals surface area contributed by atoms with Crippen LogP contribution in [0.3, 0.4) is 0 Å². The van der Waals surface area contributed by atoms with Crippen LogP contribution in [-0.2, 0) is 11.3 Å². The van der Waals surface area contributed by atoms with Crippen molar-refractivity contribution in [1.82, 2.24) is 9.80 Å². The molecular weight excluding hydrogens is 422 g/mol. The molecule has 0 saturated carbocycles. The molecule has 1 saturated heterocycles. The third kappa shape index (κ3) is 5.92. The molecule has 4 nitrogen and oxygen atoms in total. The molecule has 1 aliphatic heterocycles. The van der Waals surface area contributed by atoms with Crippen molar-refractivity contribution in [2.45, 2.75) is 12.6 Å². The Morgan fingerprint density at radius 1 is 0.871 bits per heavy atom. The van der Waals surface area contributed by atoms with E-state index in [0.717, 1.165) is 56.7 Å². The van der Waals surface area contributed by atoms with E-state index in [1.165, 1.54) is 6.07 Å². The molecule has 0 spiro atoms. The Labute approximate surface area is 186 Å². The first-order chi connectivity index (χ1) is 15.1. The zero-order valence-corrected chi connectivity index (χ0v) is 17.9. The quantitative estimate of drug-likeness (QED) is 0.479. The first-order valence-electron chi connectivity index (χ1n) is 10.4. The number of piperazine rings is 1. The number of halogens is 3. The van der Waals surface area contributed by atoms with Crippen LogP contribution in [0.25, 0.3) is 0 Å². The van der Waals surface area contributed by atoms with E-state index in [0.29, 0.717) is 17.4 Å². The van der Waals surface area contributed by atoms with Gasteiger partial charge in [-0.25, -0.2) is 8.78 Å². The van der Waals surface area contributed by atoms with Gasteiger partial charge in [0.1, 0.15) is 11.9 Å². The van der Waals surface area contributed by atoms with Gasteiger partial charge in [0.05, 0.1) is 13.2 Å². The molecule has 3 aromatic rings. The fourth-order valence-electron chi connectivity index (χ4n) is 3.82. The van der Waals surface area contributed by atoms with Crippen molar-refractivity contribution in [3.8, 4) is 0 Å². The Kier molecular flexibility index (Phi) is 7.35.